The third-order valence-electron chi connectivity index (χ3n) is 3.88. The number of carbonyl (C=O) groups is 1. The fourth-order valence-corrected chi connectivity index (χ4v) is 2.89. The molecule has 1 aromatic heterocycles. The Morgan fingerprint density at radius 2 is 2.04 bits per heavy atom. The molecule has 0 atom stereocenters. The number of amides is 1. The van der Waals surface area contributed by atoms with Crippen molar-refractivity contribution < 1.29 is 9.18 Å². The summed E-state index contributed by atoms with van der Waals surface area (Å²) in [5.41, 5.74) is 0.876. The zero-order chi connectivity index (χ0) is 18.0. The van der Waals surface area contributed by atoms with Gasteiger partial charge in [-0.1, -0.05) is 34.1 Å². The van der Waals surface area contributed by atoms with Crippen LogP contribution in [0.2, 0.25) is 0 Å². The van der Waals surface area contributed by atoms with Crippen LogP contribution in [0.15, 0.2) is 58.1 Å². The van der Waals surface area contributed by atoms with Crippen LogP contribution >= 0.6 is 15.9 Å². The van der Waals surface area contributed by atoms with Crippen LogP contribution in [0.5, 0.6) is 0 Å². The molecule has 5 nitrogen and oxygen atoms in total. The summed E-state index contributed by atoms with van der Waals surface area (Å²) in [6.07, 6.45) is 1.27. The monoisotopic (exact) mass is 403 g/mol. The molecule has 0 aliphatic heterocycles. The lowest BCUT2D eigenvalue weighted by Gasteiger charge is -2.18. The Morgan fingerprint density at radius 1 is 1.28 bits per heavy atom. The van der Waals surface area contributed by atoms with Gasteiger partial charge in [-0.25, -0.2) is 9.37 Å². The van der Waals surface area contributed by atoms with Crippen molar-refractivity contribution in [1.82, 2.24) is 14.5 Å². The van der Waals surface area contributed by atoms with E-state index in [9.17, 15) is 14.0 Å². The Hall–Kier alpha value is -2.54. The van der Waals surface area contributed by atoms with Gasteiger partial charge >= 0.3 is 0 Å². The van der Waals surface area contributed by atoms with Crippen LogP contribution in [0, 0.1) is 5.82 Å². The second-order valence-corrected chi connectivity index (χ2v) is 6.53. The first-order valence-electron chi connectivity index (χ1n) is 7.58. The van der Waals surface area contributed by atoms with E-state index in [4.69, 9.17) is 0 Å². The third-order valence-corrected chi connectivity index (χ3v) is 4.66. The van der Waals surface area contributed by atoms with Crippen molar-refractivity contribution in [2.75, 3.05) is 7.05 Å². The Labute approximate surface area is 151 Å². The highest BCUT2D eigenvalue weighted by Crippen LogP contribution is 2.17. The first kappa shape index (κ1) is 17.3. The van der Waals surface area contributed by atoms with Crippen LogP contribution in [0.1, 0.15) is 5.56 Å². The van der Waals surface area contributed by atoms with Crippen molar-refractivity contribution in [2.24, 2.45) is 0 Å². The van der Waals surface area contributed by atoms with Crippen LogP contribution in [-0.4, -0.2) is 27.4 Å². The van der Waals surface area contributed by atoms with Gasteiger partial charge < -0.3 is 4.90 Å². The first-order valence-corrected chi connectivity index (χ1v) is 8.37. The molecule has 7 heteroatoms. The van der Waals surface area contributed by atoms with Gasteiger partial charge in [-0.2, -0.15) is 0 Å². The molecule has 0 fully saturated rings. The first-order chi connectivity index (χ1) is 12.0. The van der Waals surface area contributed by atoms with Gasteiger partial charge in [0.1, 0.15) is 12.4 Å². The molecule has 0 aliphatic carbocycles. The van der Waals surface area contributed by atoms with Crippen molar-refractivity contribution in [3.63, 3.8) is 0 Å². The number of fused-ring (bicyclic) bond motifs is 1. The van der Waals surface area contributed by atoms with Crippen molar-refractivity contribution in [3.05, 3.63) is 75.0 Å². The van der Waals surface area contributed by atoms with E-state index < -0.39 is 5.82 Å². The molecule has 0 unspecified atom stereocenters. The molecular formula is C18H15BrFN3O2. The lowest BCUT2D eigenvalue weighted by molar-refractivity contribution is -0.131. The smallest absolute Gasteiger partial charge is 0.261 e. The number of rotatable bonds is 4. The number of hydrogen-bond donors (Lipinski definition) is 0. The summed E-state index contributed by atoms with van der Waals surface area (Å²) in [7, 11) is 1.68. The van der Waals surface area contributed by atoms with Gasteiger partial charge in [-0.15, -0.1) is 0 Å². The Kier molecular flexibility index (Phi) is 4.94. The van der Waals surface area contributed by atoms with Gasteiger partial charge in [0.15, 0.2) is 0 Å². The number of likely N-dealkylation sites (N-methyl/N-ethyl adjacent to an activating group) is 1. The number of aromatic nitrogens is 2. The summed E-state index contributed by atoms with van der Waals surface area (Å²) >= 11 is 3.45. The van der Waals surface area contributed by atoms with E-state index in [-0.39, 0.29) is 28.9 Å². The number of hydrogen-bond acceptors (Lipinski definition) is 3. The summed E-state index contributed by atoms with van der Waals surface area (Å²) in [6, 6.07) is 11.4. The summed E-state index contributed by atoms with van der Waals surface area (Å²) in [6.45, 7) is 0.293. The van der Waals surface area contributed by atoms with E-state index in [0.29, 0.717) is 6.54 Å². The molecule has 128 valence electrons. The Morgan fingerprint density at radius 3 is 2.80 bits per heavy atom. The lowest BCUT2D eigenvalue weighted by atomic mass is 10.2. The Balaban J connectivity index is 1.80. The van der Waals surface area contributed by atoms with Crippen LogP contribution in [-0.2, 0) is 17.9 Å². The Bertz CT molecular complexity index is 1000. The molecule has 0 saturated carbocycles. The maximum atomic E-state index is 13.2. The van der Waals surface area contributed by atoms with Crippen molar-refractivity contribution in [1.29, 1.82) is 0 Å². The highest BCUT2D eigenvalue weighted by atomic mass is 79.9. The quantitative estimate of drug-likeness (QED) is 0.672. The topological polar surface area (TPSA) is 55.2 Å². The van der Waals surface area contributed by atoms with E-state index in [0.717, 1.165) is 10.0 Å². The van der Waals surface area contributed by atoms with Gasteiger partial charge in [-0.05, 0) is 23.8 Å². The minimum Gasteiger partial charge on any atom is -0.340 e. The molecule has 3 rings (SSSR count). The predicted octanol–water partition coefficient (Wildman–Crippen LogP) is 2.96. The normalized spacial score (nSPS) is 10.8. The molecule has 2 aromatic carbocycles. The van der Waals surface area contributed by atoms with Gasteiger partial charge in [-0.3, -0.25) is 14.2 Å². The van der Waals surface area contributed by atoms with Crippen molar-refractivity contribution in [3.8, 4) is 0 Å². The average molecular weight is 404 g/mol. The summed E-state index contributed by atoms with van der Waals surface area (Å²) in [5, 5.41) is 0.283. The number of halogens is 2. The lowest BCUT2D eigenvalue weighted by Crippen LogP contribution is -2.33. The van der Waals surface area contributed by atoms with E-state index >= 15 is 0 Å². The molecule has 1 heterocycles. The summed E-state index contributed by atoms with van der Waals surface area (Å²) in [5.74, 6) is -0.678. The third kappa shape index (κ3) is 3.76. The predicted molar refractivity (Wildman–Crippen MR) is 96.6 cm³/mol. The number of nitrogens with zero attached hydrogens (tertiary/aromatic N) is 3. The van der Waals surface area contributed by atoms with Gasteiger partial charge in [0.2, 0.25) is 5.91 Å². The molecule has 0 aliphatic rings. The molecule has 3 aromatic rings. The molecule has 0 saturated heterocycles. The highest BCUT2D eigenvalue weighted by molar-refractivity contribution is 9.10. The molecule has 25 heavy (non-hydrogen) atoms. The minimum atomic E-state index is -0.457. The summed E-state index contributed by atoms with van der Waals surface area (Å²) in [4.78, 5) is 30.5. The van der Waals surface area contributed by atoms with Crippen molar-refractivity contribution in [2.45, 2.75) is 13.1 Å². The molecule has 0 spiro atoms. The van der Waals surface area contributed by atoms with Crippen molar-refractivity contribution >= 4 is 32.7 Å². The standard InChI is InChI=1S/C18H15BrFN3O2/c1-22(9-12-4-2-3-5-15(12)19)17(24)10-23-11-21-16-8-13(20)6-7-14(16)18(23)25/h2-8,11H,9-10H2,1H3. The average Bonchev–Trinajstić information content (AvgIpc) is 2.59. The zero-order valence-electron chi connectivity index (χ0n) is 13.4. The fraction of sp³-hybridized carbons (Fsp3) is 0.167. The second-order valence-electron chi connectivity index (χ2n) is 5.68. The van der Waals surface area contributed by atoms with Gasteiger partial charge in [0, 0.05) is 24.1 Å². The SMILES string of the molecule is CN(Cc1ccccc1Br)C(=O)Cn1cnc2cc(F)ccc2c1=O. The minimum absolute atomic E-state index is 0.125. The molecule has 0 radical (unpaired) electrons. The number of carbonyl (C=O) groups excluding carboxylic acids is 1. The van der Waals surface area contributed by atoms with E-state index in [1.165, 1.54) is 29.1 Å². The molecular weight excluding hydrogens is 389 g/mol. The second kappa shape index (κ2) is 7.14. The van der Waals surface area contributed by atoms with Gasteiger partial charge in [0.05, 0.1) is 17.2 Å². The highest BCUT2D eigenvalue weighted by Gasteiger charge is 2.13. The van der Waals surface area contributed by atoms with Crippen LogP contribution in [0.3, 0.4) is 0 Å². The maximum absolute atomic E-state index is 13.2. The largest absolute Gasteiger partial charge is 0.340 e. The zero-order valence-corrected chi connectivity index (χ0v) is 15.0. The van der Waals surface area contributed by atoms with E-state index in [2.05, 4.69) is 20.9 Å². The fourth-order valence-electron chi connectivity index (χ4n) is 2.48. The summed E-state index contributed by atoms with van der Waals surface area (Å²) < 4.78 is 15.4. The maximum Gasteiger partial charge on any atom is 0.261 e. The van der Waals surface area contributed by atoms with E-state index in [1.54, 1.807) is 11.9 Å². The molecule has 1 amide bonds. The molecule has 0 bridgehead atoms. The molecule has 0 N–H and O–H groups in total. The van der Waals surface area contributed by atoms with Crippen LogP contribution in [0.25, 0.3) is 10.9 Å². The van der Waals surface area contributed by atoms with Crippen LogP contribution < -0.4 is 5.56 Å². The van der Waals surface area contributed by atoms with Crippen LogP contribution in [0.4, 0.5) is 4.39 Å². The van der Waals surface area contributed by atoms with E-state index in [1.807, 2.05) is 24.3 Å². The van der Waals surface area contributed by atoms with Gasteiger partial charge in [0.25, 0.3) is 5.56 Å². The number of benzene rings is 2.